The third-order valence-corrected chi connectivity index (χ3v) is 6.13. The molecule has 0 unspecified atom stereocenters. The van der Waals surface area contributed by atoms with Crippen molar-refractivity contribution >= 4 is 33.3 Å². The lowest BCUT2D eigenvalue weighted by atomic mass is 10.1. The summed E-state index contributed by atoms with van der Waals surface area (Å²) in [7, 11) is -3.04. The minimum Gasteiger partial charge on any atom is -0.495 e. The zero-order chi connectivity index (χ0) is 23.6. The van der Waals surface area contributed by atoms with Crippen molar-refractivity contribution in [2.75, 3.05) is 23.9 Å². The van der Waals surface area contributed by atoms with Crippen LogP contribution >= 0.6 is 0 Å². The molecular weight excluding hydrogens is 452 g/mol. The van der Waals surface area contributed by atoms with E-state index in [1.54, 1.807) is 30.3 Å². The van der Waals surface area contributed by atoms with Crippen LogP contribution in [0.3, 0.4) is 0 Å². The van der Waals surface area contributed by atoms with Gasteiger partial charge in [0.1, 0.15) is 10.6 Å². The highest BCUT2D eigenvalue weighted by Crippen LogP contribution is 2.34. The molecule has 11 heteroatoms. The average molecular weight is 470 g/mol. The Bertz CT molecular complexity index is 1350. The molecule has 0 fully saturated rings. The Morgan fingerprint density at radius 3 is 2.52 bits per heavy atom. The molecule has 3 aromatic carbocycles. The highest BCUT2D eigenvalue weighted by atomic mass is 32.2. The van der Waals surface area contributed by atoms with E-state index >= 15 is 0 Å². The van der Waals surface area contributed by atoms with Crippen molar-refractivity contribution in [3.05, 3.63) is 71.8 Å². The van der Waals surface area contributed by atoms with Crippen LogP contribution in [0.5, 0.6) is 17.2 Å². The zero-order valence-electron chi connectivity index (χ0n) is 17.2. The molecule has 0 aliphatic carbocycles. The summed E-state index contributed by atoms with van der Waals surface area (Å²) in [5.41, 5.74) is 0.244. The molecule has 3 N–H and O–H groups in total. The lowest BCUT2D eigenvalue weighted by molar-refractivity contribution is 0.0696. The Kier molecular flexibility index (Phi) is 5.80. The van der Waals surface area contributed by atoms with Crippen LogP contribution in [0.2, 0.25) is 0 Å². The molecule has 0 saturated heterocycles. The second-order valence-electron chi connectivity index (χ2n) is 6.84. The van der Waals surface area contributed by atoms with Gasteiger partial charge in [0.15, 0.2) is 11.5 Å². The molecule has 33 heavy (non-hydrogen) atoms. The summed E-state index contributed by atoms with van der Waals surface area (Å²) >= 11 is 0. The molecule has 4 rings (SSSR count). The maximum atomic E-state index is 13.1. The second kappa shape index (κ2) is 8.71. The highest BCUT2D eigenvalue weighted by molar-refractivity contribution is 7.92. The Hall–Kier alpha value is -4.25. The number of methoxy groups -OCH3 is 1. The number of fused-ring (bicyclic) bond motifs is 1. The van der Waals surface area contributed by atoms with E-state index in [0.29, 0.717) is 17.2 Å². The lowest BCUT2D eigenvalue weighted by Gasteiger charge is -2.15. The summed E-state index contributed by atoms with van der Waals surface area (Å²) in [6.07, 6.45) is 0. The Morgan fingerprint density at radius 1 is 1.00 bits per heavy atom. The Balaban J connectivity index is 1.63. The van der Waals surface area contributed by atoms with Crippen LogP contribution in [0.15, 0.2) is 65.6 Å². The lowest BCUT2D eigenvalue weighted by Crippen LogP contribution is -2.19. The summed E-state index contributed by atoms with van der Waals surface area (Å²) in [5.74, 6) is -0.878. The standard InChI is InChI=1S/C22H18N2O8S/c1-30-18-8-6-13(22(26)27)10-20(18)33(28,29)24-16-5-3-2-4-15(16)21(25)23-14-7-9-17-19(11-14)32-12-31-17/h2-11,24H,12H2,1H3,(H,23,25)(H,26,27). The molecule has 1 heterocycles. The number of aromatic carboxylic acids is 1. The number of nitrogens with one attached hydrogen (secondary N) is 2. The molecule has 0 bridgehead atoms. The minimum absolute atomic E-state index is 0.00137. The first-order valence-electron chi connectivity index (χ1n) is 9.52. The number of carbonyl (C=O) groups is 2. The molecule has 1 amide bonds. The van der Waals surface area contributed by atoms with Crippen molar-refractivity contribution in [3.63, 3.8) is 0 Å². The number of para-hydroxylation sites is 1. The van der Waals surface area contributed by atoms with Gasteiger partial charge in [-0.1, -0.05) is 12.1 Å². The highest BCUT2D eigenvalue weighted by Gasteiger charge is 2.24. The van der Waals surface area contributed by atoms with E-state index in [1.165, 1.54) is 31.4 Å². The average Bonchev–Trinajstić information content (AvgIpc) is 3.26. The van der Waals surface area contributed by atoms with Crippen molar-refractivity contribution in [3.8, 4) is 17.2 Å². The van der Waals surface area contributed by atoms with Crippen molar-refractivity contribution in [2.45, 2.75) is 4.90 Å². The molecule has 0 spiro atoms. The number of anilines is 2. The van der Waals surface area contributed by atoms with Crippen molar-refractivity contribution in [2.24, 2.45) is 0 Å². The molecule has 0 aromatic heterocycles. The monoisotopic (exact) mass is 470 g/mol. The minimum atomic E-state index is -4.30. The SMILES string of the molecule is COc1ccc(C(=O)O)cc1S(=O)(=O)Nc1ccccc1C(=O)Nc1ccc2c(c1)OCO2. The number of carbonyl (C=O) groups excluding carboxylic acids is 1. The number of hydrogen-bond donors (Lipinski definition) is 3. The number of benzene rings is 3. The van der Waals surface area contributed by atoms with E-state index in [4.69, 9.17) is 14.2 Å². The first-order valence-corrected chi connectivity index (χ1v) is 11.0. The van der Waals surface area contributed by atoms with Gasteiger partial charge in [0.05, 0.1) is 23.9 Å². The smallest absolute Gasteiger partial charge is 0.335 e. The number of rotatable bonds is 7. The van der Waals surface area contributed by atoms with Gasteiger partial charge in [-0.3, -0.25) is 9.52 Å². The number of carboxylic acid groups (broad SMARTS) is 1. The van der Waals surface area contributed by atoms with Gasteiger partial charge < -0.3 is 24.6 Å². The summed E-state index contributed by atoms with van der Waals surface area (Å²) in [5, 5.41) is 11.9. The number of sulfonamides is 1. The van der Waals surface area contributed by atoms with E-state index in [2.05, 4.69) is 10.0 Å². The normalized spacial score (nSPS) is 12.2. The molecule has 0 saturated carbocycles. The van der Waals surface area contributed by atoms with Gasteiger partial charge in [-0.2, -0.15) is 0 Å². The molecule has 1 aliphatic heterocycles. The van der Waals surface area contributed by atoms with Crippen molar-refractivity contribution < 1.29 is 37.3 Å². The molecule has 0 radical (unpaired) electrons. The molecule has 1 aliphatic rings. The van der Waals surface area contributed by atoms with E-state index in [9.17, 15) is 23.1 Å². The van der Waals surface area contributed by atoms with Gasteiger partial charge in [0, 0.05) is 11.8 Å². The molecule has 3 aromatic rings. The quantitative estimate of drug-likeness (QED) is 0.478. The third-order valence-electron chi connectivity index (χ3n) is 4.75. The number of carboxylic acids is 1. The van der Waals surface area contributed by atoms with E-state index in [1.807, 2.05) is 0 Å². The van der Waals surface area contributed by atoms with Crippen LogP contribution in [0.25, 0.3) is 0 Å². The summed E-state index contributed by atoms with van der Waals surface area (Å²) in [6, 6.07) is 14.3. The predicted molar refractivity (Wildman–Crippen MR) is 118 cm³/mol. The zero-order valence-corrected chi connectivity index (χ0v) is 18.0. The van der Waals surface area contributed by atoms with Gasteiger partial charge in [-0.05, 0) is 42.5 Å². The second-order valence-corrected chi connectivity index (χ2v) is 8.49. The fourth-order valence-corrected chi connectivity index (χ4v) is 4.44. The largest absolute Gasteiger partial charge is 0.495 e. The molecule has 0 atom stereocenters. The van der Waals surface area contributed by atoms with Crippen LogP contribution in [0.4, 0.5) is 11.4 Å². The summed E-state index contributed by atoms with van der Waals surface area (Å²) in [6.45, 7) is 0.0872. The summed E-state index contributed by atoms with van der Waals surface area (Å²) < 4.78 is 44.1. The van der Waals surface area contributed by atoms with Crippen LogP contribution < -0.4 is 24.2 Å². The van der Waals surface area contributed by atoms with Crippen molar-refractivity contribution in [1.82, 2.24) is 0 Å². The first-order chi connectivity index (χ1) is 15.8. The van der Waals surface area contributed by atoms with E-state index < -0.39 is 21.9 Å². The Labute approximate surface area is 188 Å². The fraction of sp³-hybridized carbons (Fsp3) is 0.0909. The maximum Gasteiger partial charge on any atom is 0.335 e. The molecular formula is C22H18N2O8S. The molecule has 170 valence electrons. The number of ether oxygens (including phenoxy) is 3. The number of amides is 1. The van der Waals surface area contributed by atoms with Gasteiger partial charge in [0.25, 0.3) is 15.9 Å². The third kappa shape index (κ3) is 4.53. The fourth-order valence-electron chi connectivity index (χ4n) is 3.16. The van der Waals surface area contributed by atoms with Gasteiger partial charge >= 0.3 is 5.97 Å². The van der Waals surface area contributed by atoms with Crippen LogP contribution in [-0.2, 0) is 10.0 Å². The van der Waals surface area contributed by atoms with Crippen molar-refractivity contribution in [1.29, 1.82) is 0 Å². The number of hydrogen-bond acceptors (Lipinski definition) is 7. The Morgan fingerprint density at radius 2 is 1.76 bits per heavy atom. The molecule has 10 nitrogen and oxygen atoms in total. The predicted octanol–water partition coefficient (Wildman–Crippen LogP) is 3.18. The van der Waals surface area contributed by atoms with Crippen LogP contribution in [0.1, 0.15) is 20.7 Å². The van der Waals surface area contributed by atoms with Gasteiger partial charge in [-0.25, -0.2) is 13.2 Å². The maximum absolute atomic E-state index is 13.1. The van der Waals surface area contributed by atoms with E-state index in [0.717, 1.165) is 6.07 Å². The van der Waals surface area contributed by atoms with Crippen LogP contribution in [-0.4, -0.2) is 39.3 Å². The summed E-state index contributed by atoms with van der Waals surface area (Å²) in [4.78, 5) is 23.8. The van der Waals surface area contributed by atoms with Gasteiger partial charge in [-0.15, -0.1) is 0 Å². The van der Waals surface area contributed by atoms with Gasteiger partial charge in [0.2, 0.25) is 6.79 Å². The topological polar surface area (TPSA) is 140 Å². The van der Waals surface area contributed by atoms with Crippen LogP contribution in [0, 0.1) is 0 Å². The van der Waals surface area contributed by atoms with E-state index in [-0.39, 0.29) is 34.3 Å². The first kappa shape index (κ1) is 22.0.